The fourth-order valence-electron chi connectivity index (χ4n) is 2.55. The van der Waals surface area contributed by atoms with Gasteiger partial charge in [0.05, 0.1) is 12.2 Å². The molecule has 1 heterocycles. The Bertz CT molecular complexity index is 817. The minimum Gasteiger partial charge on any atom is -0.370 e. The number of carbonyl (C=O) groups is 2. The van der Waals surface area contributed by atoms with Gasteiger partial charge in [-0.1, -0.05) is 34.1 Å². The summed E-state index contributed by atoms with van der Waals surface area (Å²) in [7, 11) is 0. The van der Waals surface area contributed by atoms with Crippen LogP contribution in [-0.2, 0) is 11.2 Å². The smallest absolute Gasteiger partial charge is 0.270 e. The molecule has 6 nitrogen and oxygen atoms in total. The third-order valence-corrected chi connectivity index (χ3v) is 4.54. The van der Waals surface area contributed by atoms with E-state index in [0.717, 1.165) is 5.56 Å². The van der Waals surface area contributed by atoms with E-state index in [0.29, 0.717) is 48.8 Å². The highest BCUT2D eigenvalue weighted by molar-refractivity contribution is 9.09. The van der Waals surface area contributed by atoms with Crippen molar-refractivity contribution in [2.24, 2.45) is 0 Å². The van der Waals surface area contributed by atoms with Gasteiger partial charge in [0.2, 0.25) is 0 Å². The monoisotopic (exact) mass is 467 g/mol. The Labute approximate surface area is 178 Å². The first kappa shape index (κ1) is 22.3. The number of nitrogens with one attached hydrogen (secondary N) is 2. The fraction of sp³-hybridized carbons (Fsp3) is 0.350. The minimum absolute atomic E-state index is 0.104. The number of hydrogen-bond donors (Lipinski definition) is 2. The number of benzene rings is 1. The van der Waals surface area contributed by atoms with Gasteiger partial charge in [-0.15, -0.1) is 11.6 Å². The molecule has 0 radical (unpaired) electrons. The second-order valence-corrected chi connectivity index (χ2v) is 6.86. The van der Waals surface area contributed by atoms with E-state index >= 15 is 0 Å². The number of aromatic nitrogens is 1. The molecule has 0 saturated heterocycles. The Hall–Kier alpha value is -1.96. The lowest BCUT2D eigenvalue weighted by Crippen LogP contribution is -2.29. The second kappa shape index (κ2) is 11.8. The first-order valence-corrected chi connectivity index (χ1v) is 10.6. The minimum atomic E-state index is -0.391. The molecule has 0 fully saturated rings. The lowest BCUT2D eigenvalue weighted by atomic mass is 10.1. The van der Waals surface area contributed by atoms with Crippen LogP contribution >= 0.6 is 27.5 Å². The predicted octanol–water partition coefficient (Wildman–Crippen LogP) is 3.91. The molecule has 2 amide bonds. The summed E-state index contributed by atoms with van der Waals surface area (Å²) < 4.78 is 5.32. The third-order valence-electron chi connectivity index (χ3n) is 3.95. The van der Waals surface area contributed by atoms with Crippen molar-refractivity contribution in [3.8, 4) is 0 Å². The van der Waals surface area contributed by atoms with E-state index in [1.165, 1.54) is 0 Å². The van der Waals surface area contributed by atoms with Gasteiger partial charge >= 0.3 is 0 Å². The molecule has 0 saturated carbocycles. The number of nitrogens with zero attached hydrogens (tertiary/aromatic N) is 1. The molecule has 0 atom stereocenters. The molecule has 0 unspecified atom stereocenters. The molecule has 2 N–H and O–H groups in total. The van der Waals surface area contributed by atoms with Crippen LogP contribution in [0.3, 0.4) is 0 Å². The van der Waals surface area contributed by atoms with Crippen molar-refractivity contribution in [1.82, 2.24) is 10.3 Å². The summed E-state index contributed by atoms with van der Waals surface area (Å²) >= 11 is 8.86. The average Bonchev–Trinajstić information content (AvgIpc) is 2.69. The van der Waals surface area contributed by atoms with Crippen LogP contribution in [-0.4, -0.2) is 41.3 Å². The van der Waals surface area contributed by atoms with Gasteiger partial charge in [-0.25, -0.2) is 4.98 Å². The van der Waals surface area contributed by atoms with E-state index in [-0.39, 0.29) is 17.2 Å². The second-order valence-electron chi connectivity index (χ2n) is 6.03. The van der Waals surface area contributed by atoms with Crippen LogP contribution in [0.15, 0.2) is 36.4 Å². The summed E-state index contributed by atoms with van der Waals surface area (Å²) in [5.74, 6) is -0.327. The third kappa shape index (κ3) is 6.58. The number of amides is 2. The van der Waals surface area contributed by atoms with Crippen molar-refractivity contribution in [1.29, 1.82) is 0 Å². The van der Waals surface area contributed by atoms with Gasteiger partial charge in [0.25, 0.3) is 11.8 Å². The zero-order valence-corrected chi connectivity index (χ0v) is 18.0. The molecule has 0 bridgehead atoms. The van der Waals surface area contributed by atoms with E-state index in [4.69, 9.17) is 16.3 Å². The zero-order chi connectivity index (χ0) is 20.4. The number of pyridine rings is 1. The molecular formula is C20H23BrClN3O3. The van der Waals surface area contributed by atoms with Crippen LogP contribution in [0.4, 0.5) is 5.69 Å². The summed E-state index contributed by atoms with van der Waals surface area (Å²) in [6.45, 7) is 2.73. The maximum atomic E-state index is 12.9. The van der Waals surface area contributed by atoms with Crippen LogP contribution in [0.1, 0.15) is 38.5 Å². The molecule has 2 rings (SSSR count). The number of ether oxygens (including phenoxy) is 1. The predicted molar refractivity (Wildman–Crippen MR) is 114 cm³/mol. The highest BCUT2D eigenvalue weighted by Crippen LogP contribution is 2.18. The van der Waals surface area contributed by atoms with E-state index in [1.807, 2.05) is 24.3 Å². The van der Waals surface area contributed by atoms with E-state index in [2.05, 4.69) is 31.5 Å². The Kier molecular flexibility index (Phi) is 9.40. The standard InChI is InChI=1S/C20H23BrClN3O3/c1-14-7-8-16(18(24-14)20(27)23-11-4-10-22)19(26)25-17-6-3-2-5-15(17)9-12-28-13-21/h2-3,5-8H,4,9-13H2,1H3,(H,23,27)(H,25,26). The summed E-state index contributed by atoms with van der Waals surface area (Å²) in [4.78, 5) is 29.6. The van der Waals surface area contributed by atoms with Gasteiger partial charge in [-0.3, -0.25) is 9.59 Å². The summed E-state index contributed by atoms with van der Waals surface area (Å²) in [5, 5.41) is 5.63. The van der Waals surface area contributed by atoms with Crippen LogP contribution in [0, 0.1) is 6.92 Å². The van der Waals surface area contributed by atoms with Gasteiger partial charge in [0.15, 0.2) is 0 Å². The summed E-state index contributed by atoms with van der Waals surface area (Å²) in [5.41, 5.74) is 3.07. The number of halogens is 2. The Morgan fingerprint density at radius 1 is 1.18 bits per heavy atom. The lowest BCUT2D eigenvalue weighted by Gasteiger charge is -2.13. The van der Waals surface area contributed by atoms with E-state index in [1.54, 1.807) is 19.1 Å². The van der Waals surface area contributed by atoms with Crippen molar-refractivity contribution in [3.05, 3.63) is 58.9 Å². The van der Waals surface area contributed by atoms with Crippen molar-refractivity contribution in [2.75, 3.05) is 29.9 Å². The topological polar surface area (TPSA) is 80.3 Å². The molecule has 0 aliphatic heterocycles. The molecule has 28 heavy (non-hydrogen) atoms. The molecule has 1 aromatic heterocycles. The quantitative estimate of drug-likeness (QED) is 0.409. The lowest BCUT2D eigenvalue weighted by molar-refractivity contribution is 0.0935. The van der Waals surface area contributed by atoms with Crippen molar-refractivity contribution in [3.63, 3.8) is 0 Å². The highest BCUT2D eigenvalue weighted by atomic mass is 79.9. The van der Waals surface area contributed by atoms with Crippen LogP contribution in [0.25, 0.3) is 0 Å². The van der Waals surface area contributed by atoms with Gasteiger partial charge in [0, 0.05) is 23.8 Å². The van der Waals surface area contributed by atoms with E-state index in [9.17, 15) is 9.59 Å². The maximum Gasteiger partial charge on any atom is 0.270 e. The molecule has 150 valence electrons. The average molecular weight is 469 g/mol. The Morgan fingerprint density at radius 3 is 2.71 bits per heavy atom. The summed E-state index contributed by atoms with van der Waals surface area (Å²) in [6.07, 6.45) is 1.30. The van der Waals surface area contributed by atoms with Crippen molar-refractivity contribution >= 4 is 45.0 Å². The van der Waals surface area contributed by atoms with Crippen LogP contribution in [0.5, 0.6) is 0 Å². The van der Waals surface area contributed by atoms with Gasteiger partial charge in [-0.05, 0) is 43.5 Å². The first-order chi connectivity index (χ1) is 13.6. The number of aryl methyl sites for hydroxylation is 1. The highest BCUT2D eigenvalue weighted by Gasteiger charge is 2.19. The number of carbonyl (C=O) groups excluding carboxylic acids is 2. The molecule has 0 aliphatic carbocycles. The summed E-state index contributed by atoms with van der Waals surface area (Å²) in [6, 6.07) is 10.8. The SMILES string of the molecule is Cc1ccc(C(=O)Nc2ccccc2CCOCBr)c(C(=O)NCCCCl)n1. The van der Waals surface area contributed by atoms with E-state index < -0.39 is 5.91 Å². The first-order valence-electron chi connectivity index (χ1n) is 8.91. The molecule has 0 spiro atoms. The maximum absolute atomic E-state index is 12.9. The van der Waals surface area contributed by atoms with Crippen LogP contribution < -0.4 is 10.6 Å². The van der Waals surface area contributed by atoms with Crippen LogP contribution in [0.2, 0.25) is 0 Å². The van der Waals surface area contributed by atoms with Gasteiger partial charge in [-0.2, -0.15) is 0 Å². The number of hydrogen-bond acceptors (Lipinski definition) is 4. The number of alkyl halides is 2. The molecule has 0 aliphatic rings. The molecule has 2 aromatic rings. The number of para-hydroxylation sites is 1. The molecule has 8 heteroatoms. The van der Waals surface area contributed by atoms with Crippen molar-refractivity contribution < 1.29 is 14.3 Å². The molecule has 1 aromatic carbocycles. The van der Waals surface area contributed by atoms with Gasteiger partial charge < -0.3 is 15.4 Å². The largest absolute Gasteiger partial charge is 0.370 e. The normalized spacial score (nSPS) is 10.5. The fourth-order valence-corrected chi connectivity index (χ4v) is 2.91. The Morgan fingerprint density at radius 2 is 1.96 bits per heavy atom. The Balaban J connectivity index is 2.20. The molecular weight excluding hydrogens is 446 g/mol. The van der Waals surface area contributed by atoms with Gasteiger partial charge in [0.1, 0.15) is 11.2 Å². The number of rotatable bonds is 10. The number of anilines is 1. The zero-order valence-electron chi connectivity index (χ0n) is 15.6. The van der Waals surface area contributed by atoms with Crippen molar-refractivity contribution in [2.45, 2.75) is 19.8 Å².